The highest BCUT2D eigenvalue weighted by atomic mass is 127. The van der Waals surface area contributed by atoms with Crippen molar-refractivity contribution >= 4 is 29.9 Å². The van der Waals surface area contributed by atoms with E-state index in [0.717, 1.165) is 43.5 Å². The van der Waals surface area contributed by atoms with E-state index >= 15 is 0 Å². The number of halogens is 1. The fraction of sp³-hybridized carbons (Fsp3) is 0.632. The number of guanidine groups is 1. The average molecular weight is 460 g/mol. The molecule has 5 nitrogen and oxygen atoms in total. The molecule has 0 bridgehead atoms. The third kappa shape index (κ3) is 8.76. The van der Waals surface area contributed by atoms with E-state index in [4.69, 9.17) is 0 Å². The number of aromatic hydroxyl groups is 1. The quantitative estimate of drug-likeness (QED) is 0.253. The Labute approximate surface area is 169 Å². The normalized spacial score (nSPS) is 16.3. The van der Waals surface area contributed by atoms with Crippen LogP contribution in [0.3, 0.4) is 0 Å². The van der Waals surface area contributed by atoms with Crippen molar-refractivity contribution in [2.75, 3.05) is 32.7 Å². The Bertz CT molecular complexity index is 516. The first-order valence-electron chi connectivity index (χ1n) is 9.20. The van der Waals surface area contributed by atoms with Gasteiger partial charge in [-0.15, -0.1) is 24.0 Å². The van der Waals surface area contributed by atoms with Gasteiger partial charge in [-0.05, 0) is 69.4 Å². The molecule has 1 aliphatic rings. The summed E-state index contributed by atoms with van der Waals surface area (Å²) in [5.74, 6) is 2.02. The maximum atomic E-state index is 9.51. The monoisotopic (exact) mass is 460 g/mol. The maximum Gasteiger partial charge on any atom is 0.191 e. The molecule has 1 aromatic rings. The second kappa shape index (κ2) is 12.4. The Balaban J connectivity index is 0.00000312. The summed E-state index contributed by atoms with van der Waals surface area (Å²) < 4.78 is 0. The van der Waals surface area contributed by atoms with Gasteiger partial charge in [0, 0.05) is 13.1 Å². The molecule has 0 amide bonds. The molecular formula is C19H33IN4O. The van der Waals surface area contributed by atoms with Crippen molar-refractivity contribution in [3.63, 3.8) is 0 Å². The summed E-state index contributed by atoms with van der Waals surface area (Å²) in [6.45, 7) is 10.4. The van der Waals surface area contributed by atoms with Crippen LogP contribution in [0.5, 0.6) is 5.75 Å². The van der Waals surface area contributed by atoms with Crippen molar-refractivity contribution in [2.45, 2.75) is 39.7 Å². The van der Waals surface area contributed by atoms with E-state index in [1.165, 1.54) is 25.9 Å². The molecule has 6 heteroatoms. The second-order valence-electron chi connectivity index (χ2n) is 6.67. The lowest BCUT2D eigenvalue weighted by Crippen LogP contribution is -2.39. The van der Waals surface area contributed by atoms with Gasteiger partial charge in [-0.3, -0.25) is 0 Å². The van der Waals surface area contributed by atoms with Gasteiger partial charge in [0.1, 0.15) is 5.75 Å². The van der Waals surface area contributed by atoms with Crippen molar-refractivity contribution < 1.29 is 5.11 Å². The van der Waals surface area contributed by atoms with Gasteiger partial charge in [0.25, 0.3) is 0 Å². The van der Waals surface area contributed by atoms with Gasteiger partial charge in [-0.2, -0.15) is 0 Å². The molecule has 0 radical (unpaired) electrons. The van der Waals surface area contributed by atoms with Crippen LogP contribution >= 0.6 is 24.0 Å². The first-order valence-corrected chi connectivity index (χ1v) is 9.20. The molecule has 3 N–H and O–H groups in total. The number of nitrogens with one attached hydrogen (secondary N) is 2. The standard InChI is InChI=1S/C19H32N4O.HI/c1-3-20-19(22-15-17-6-4-7-18(24)14-17)21-10-5-11-23-12-8-16(2)9-13-23;/h4,6-7,14,16,24H,3,5,8-13,15H2,1-2H3,(H2,20,21,22);1H. The maximum absolute atomic E-state index is 9.51. The van der Waals surface area contributed by atoms with Crippen LogP contribution in [0.1, 0.15) is 38.7 Å². The number of phenolic OH excluding ortho intramolecular Hbond substituents is 1. The SMILES string of the molecule is CCNC(=NCc1cccc(O)c1)NCCCN1CCC(C)CC1.I. The molecule has 0 aromatic heterocycles. The Kier molecular flexibility index (Phi) is 10.9. The molecule has 1 heterocycles. The van der Waals surface area contributed by atoms with Gasteiger partial charge in [0.05, 0.1) is 6.54 Å². The molecule has 0 spiro atoms. The Morgan fingerprint density at radius 2 is 2.04 bits per heavy atom. The van der Waals surface area contributed by atoms with Crippen molar-refractivity contribution in [3.05, 3.63) is 29.8 Å². The summed E-state index contributed by atoms with van der Waals surface area (Å²) >= 11 is 0. The second-order valence-corrected chi connectivity index (χ2v) is 6.67. The zero-order valence-electron chi connectivity index (χ0n) is 15.5. The van der Waals surface area contributed by atoms with E-state index in [-0.39, 0.29) is 29.7 Å². The number of phenols is 1. The molecule has 1 fully saturated rings. The topological polar surface area (TPSA) is 59.9 Å². The molecule has 0 atom stereocenters. The molecule has 1 aliphatic heterocycles. The van der Waals surface area contributed by atoms with Gasteiger partial charge in [-0.25, -0.2) is 4.99 Å². The first kappa shape index (κ1) is 22.0. The lowest BCUT2D eigenvalue weighted by Gasteiger charge is -2.30. The molecule has 142 valence electrons. The number of rotatable bonds is 7. The van der Waals surface area contributed by atoms with E-state index in [1.807, 2.05) is 12.1 Å². The summed E-state index contributed by atoms with van der Waals surface area (Å²) in [7, 11) is 0. The minimum absolute atomic E-state index is 0. The van der Waals surface area contributed by atoms with Gasteiger partial charge in [0.2, 0.25) is 0 Å². The number of hydrogen-bond donors (Lipinski definition) is 3. The highest BCUT2D eigenvalue weighted by molar-refractivity contribution is 14.0. The van der Waals surface area contributed by atoms with Crippen molar-refractivity contribution in [3.8, 4) is 5.75 Å². The van der Waals surface area contributed by atoms with Crippen LogP contribution in [0.4, 0.5) is 0 Å². The molecule has 0 aliphatic carbocycles. The smallest absolute Gasteiger partial charge is 0.191 e. The van der Waals surface area contributed by atoms with E-state index in [2.05, 4.69) is 34.4 Å². The van der Waals surface area contributed by atoms with Gasteiger partial charge in [0.15, 0.2) is 5.96 Å². The van der Waals surface area contributed by atoms with Gasteiger partial charge in [-0.1, -0.05) is 19.1 Å². The van der Waals surface area contributed by atoms with Crippen LogP contribution in [-0.2, 0) is 6.54 Å². The van der Waals surface area contributed by atoms with Crippen LogP contribution in [-0.4, -0.2) is 48.7 Å². The Morgan fingerprint density at radius 3 is 2.72 bits per heavy atom. The highest BCUT2D eigenvalue weighted by Gasteiger charge is 2.14. The number of likely N-dealkylation sites (tertiary alicyclic amines) is 1. The molecule has 1 aromatic carbocycles. The number of piperidine rings is 1. The van der Waals surface area contributed by atoms with Crippen molar-refractivity contribution in [1.82, 2.24) is 15.5 Å². The third-order valence-electron chi connectivity index (χ3n) is 4.49. The van der Waals surface area contributed by atoms with Gasteiger partial charge >= 0.3 is 0 Å². The summed E-state index contributed by atoms with van der Waals surface area (Å²) in [5, 5.41) is 16.2. The summed E-state index contributed by atoms with van der Waals surface area (Å²) in [5.41, 5.74) is 1.01. The largest absolute Gasteiger partial charge is 0.508 e. The minimum atomic E-state index is 0. The fourth-order valence-electron chi connectivity index (χ4n) is 2.96. The van der Waals surface area contributed by atoms with Crippen molar-refractivity contribution in [1.29, 1.82) is 0 Å². The highest BCUT2D eigenvalue weighted by Crippen LogP contribution is 2.15. The number of aliphatic imine (C=N–C) groups is 1. The molecule has 0 unspecified atom stereocenters. The Morgan fingerprint density at radius 1 is 1.28 bits per heavy atom. The van der Waals surface area contributed by atoms with Crippen molar-refractivity contribution in [2.24, 2.45) is 10.9 Å². The van der Waals surface area contributed by atoms with Gasteiger partial charge < -0.3 is 20.6 Å². The lowest BCUT2D eigenvalue weighted by atomic mass is 9.99. The zero-order chi connectivity index (χ0) is 17.2. The average Bonchev–Trinajstić information content (AvgIpc) is 2.58. The zero-order valence-corrected chi connectivity index (χ0v) is 17.8. The van der Waals surface area contributed by atoms with Crippen LogP contribution in [0.2, 0.25) is 0 Å². The van der Waals surface area contributed by atoms with Crippen LogP contribution in [0.25, 0.3) is 0 Å². The van der Waals surface area contributed by atoms with E-state index < -0.39 is 0 Å². The predicted molar refractivity (Wildman–Crippen MR) is 116 cm³/mol. The first-order chi connectivity index (χ1) is 11.7. The predicted octanol–water partition coefficient (Wildman–Crippen LogP) is 3.19. The lowest BCUT2D eigenvalue weighted by molar-refractivity contribution is 0.191. The molecule has 1 saturated heterocycles. The van der Waals surface area contributed by atoms with Crippen LogP contribution in [0.15, 0.2) is 29.3 Å². The van der Waals surface area contributed by atoms with E-state index in [0.29, 0.717) is 6.54 Å². The van der Waals surface area contributed by atoms with E-state index in [9.17, 15) is 5.11 Å². The van der Waals surface area contributed by atoms with Crippen LogP contribution in [0, 0.1) is 5.92 Å². The fourth-order valence-corrected chi connectivity index (χ4v) is 2.96. The molecule has 2 rings (SSSR count). The molecule has 25 heavy (non-hydrogen) atoms. The van der Waals surface area contributed by atoms with Crippen LogP contribution < -0.4 is 10.6 Å². The summed E-state index contributed by atoms with van der Waals surface area (Å²) in [4.78, 5) is 7.16. The number of hydrogen-bond acceptors (Lipinski definition) is 3. The minimum Gasteiger partial charge on any atom is -0.508 e. The molecule has 0 saturated carbocycles. The molecular weight excluding hydrogens is 427 g/mol. The van der Waals surface area contributed by atoms with E-state index in [1.54, 1.807) is 12.1 Å². The third-order valence-corrected chi connectivity index (χ3v) is 4.49. The summed E-state index contributed by atoms with van der Waals surface area (Å²) in [6, 6.07) is 7.26. The number of benzene rings is 1. The Hall–Kier alpha value is -1.02. The summed E-state index contributed by atoms with van der Waals surface area (Å²) in [6.07, 6.45) is 3.80. The number of nitrogens with zero attached hydrogens (tertiary/aromatic N) is 2.